The lowest BCUT2D eigenvalue weighted by Gasteiger charge is -2.34. The summed E-state index contributed by atoms with van der Waals surface area (Å²) in [5.41, 5.74) is 3.97. The van der Waals surface area contributed by atoms with Crippen molar-refractivity contribution >= 4 is 23.4 Å². The van der Waals surface area contributed by atoms with Crippen LogP contribution >= 0.6 is 11.6 Å². The highest BCUT2D eigenvalue weighted by atomic mass is 35.5. The Kier molecular flexibility index (Phi) is 6.70. The van der Waals surface area contributed by atoms with Gasteiger partial charge in [0.25, 0.3) is 5.91 Å². The molecule has 2 amide bonds. The van der Waals surface area contributed by atoms with Gasteiger partial charge in [-0.15, -0.1) is 0 Å². The average molecular weight is 400 g/mol. The van der Waals surface area contributed by atoms with Crippen LogP contribution in [0.25, 0.3) is 0 Å². The maximum atomic E-state index is 12.4. The van der Waals surface area contributed by atoms with Crippen LogP contribution in [-0.4, -0.2) is 54.3 Å². The quantitative estimate of drug-likeness (QED) is 0.840. The Bertz CT molecular complexity index is 861. The predicted octanol–water partition coefficient (Wildman–Crippen LogP) is 3.03. The van der Waals surface area contributed by atoms with Gasteiger partial charge in [0.2, 0.25) is 5.91 Å². The minimum atomic E-state index is -0.212. The van der Waals surface area contributed by atoms with Crippen molar-refractivity contribution in [3.05, 3.63) is 69.7 Å². The van der Waals surface area contributed by atoms with E-state index in [1.54, 1.807) is 6.07 Å². The van der Waals surface area contributed by atoms with E-state index in [9.17, 15) is 9.59 Å². The largest absolute Gasteiger partial charge is 0.343 e. The van der Waals surface area contributed by atoms with Gasteiger partial charge in [-0.2, -0.15) is 0 Å². The Hall–Kier alpha value is -2.37. The highest BCUT2D eigenvalue weighted by Gasteiger charge is 2.21. The molecular weight excluding hydrogens is 374 g/mol. The molecule has 1 fully saturated rings. The summed E-state index contributed by atoms with van der Waals surface area (Å²) in [7, 11) is 0. The van der Waals surface area contributed by atoms with E-state index in [0.717, 1.165) is 35.8 Å². The zero-order valence-electron chi connectivity index (χ0n) is 16.4. The van der Waals surface area contributed by atoms with Crippen LogP contribution in [0.1, 0.15) is 27.0 Å². The molecule has 1 aliphatic rings. The third-order valence-electron chi connectivity index (χ3n) is 5.19. The Morgan fingerprint density at radius 2 is 1.75 bits per heavy atom. The third-order valence-corrected chi connectivity index (χ3v) is 5.42. The first kappa shape index (κ1) is 20.4. The molecule has 0 saturated carbocycles. The molecule has 0 unspecified atom stereocenters. The molecule has 3 rings (SSSR count). The van der Waals surface area contributed by atoms with Gasteiger partial charge in [-0.05, 0) is 54.8 Å². The number of aryl methyl sites for hydroxylation is 2. The van der Waals surface area contributed by atoms with Crippen molar-refractivity contribution in [1.82, 2.24) is 15.1 Å². The van der Waals surface area contributed by atoms with Crippen LogP contribution in [0.3, 0.4) is 0 Å². The van der Waals surface area contributed by atoms with E-state index in [-0.39, 0.29) is 18.4 Å². The fraction of sp³-hybridized carbons (Fsp3) is 0.364. The van der Waals surface area contributed by atoms with E-state index >= 15 is 0 Å². The second kappa shape index (κ2) is 9.22. The summed E-state index contributed by atoms with van der Waals surface area (Å²) in [4.78, 5) is 28.8. The van der Waals surface area contributed by atoms with E-state index in [1.165, 1.54) is 5.56 Å². The second-order valence-electron chi connectivity index (χ2n) is 7.27. The molecule has 28 heavy (non-hydrogen) atoms. The van der Waals surface area contributed by atoms with Gasteiger partial charge in [0, 0.05) is 43.3 Å². The van der Waals surface area contributed by atoms with Crippen LogP contribution in [0.5, 0.6) is 0 Å². The summed E-state index contributed by atoms with van der Waals surface area (Å²) in [6, 6.07) is 13.4. The van der Waals surface area contributed by atoms with E-state index in [2.05, 4.69) is 16.3 Å². The first-order valence-corrected chi connectivity index (χ1v) is 9.90. The number of benzene rings is 2. The highest BCUT2D eigenvalue weighted by molar-refractivity contribution is 6.30. The number of halogens is 1. The fourth-order valence-electron chi connectivity index (χ4n) is 3.30. The molecule has 0 aromatic heterocycles. The number of piperazine rings is 1. The van der Waals surface area contributed by atoms with E-state index < -0.39 is 0 Å². The smallest absolute Gasteiger partial charge is 0.251 e. The first-order chi connectivity index (χ1) is 13.4. The van der Waals surface area contributed by atoms with Crippen LogP contribution in [0.2, 0.25) is 5.02 Å². The summed E-state index contributed by atoms with van der Waals surface area (Å²) < 4.78 is 0. The summed E-state index contributed by atoms with van der Waals surface area (Å²) in [6.07, 6.45) is 0. The molecule has 2 aromatic carbocycles. The van der Waals surface area contributed by atoms with Crippen molar-refractivity contribution in [3.63, 3.8) is 0 Å². The molecule has 1 aliphatic heterocycles. The monoisotopic (exact) mass is 399 g/mol. The SMILES string of the molecule is Cc1ccc(C(=O)NCC(=O)N2CCN(Cc3cccc(Cl)c3)CC2)cc1C. The van der Waals surface area contributed by atoms with E-state index in [0.29, 0.717) is 18.7 Å². The molecule has 1 N–H and O–H groups in total. The lowest BCUT2D eigenvalue weighted by atomic mass is 10.1. The number of hydrogen-bond donors (Lipinski definition) is 1. The fourth-order valence-corrected chi connectivity index (χ4v) is 3.51. The van der Waals surface area contributed by atoms with Crippen molar-refractivity contribution in [2.24, 2.45) is 0 Å². The van der Waals surface area contributed by atoms with Crippen LogP contribution in [0, 0.1) is 13.8 Å². The molecule has 0 radical (unpaired) electrons. The Morgan fingerprint density at radius 3 is 2.43 bits per heavy atom. The Balaban J connectivity index is 1.44. The number of amides is 2. The first-order valence-electron chi connectivity index (χ1n) is 9.52. The van der Waals surface area contributed by atoms with Gasteiger partial charge < -0.3 is 10.2 Å². The maximum absolute atomic E-state index is 12.4. The zero-order chi connectivity index (χ0) is 20.1. The summed E-state index contributed by atoms with van der Waals surface area (Å²) in [5.74, 6) is -0.254. The van der Waals surface area contributed by atoms with Gasteiger partial charge >= 0.3 is 0 Å². The van der Waals surface area contributed by atoms with Crippen molar-refractivity contribution in [1.29, 1.82) is 0 Å². The molecule has 1 saturated heterocycles. The lowest BCUT2D eigenvalue weighted by molar-refractivity contribution is -0.131. The molecule has 2 aromatic rings. The lowest BCUT2D eigenvalue weighted by Crippen LogP contribution is -2.50. The highest BCUT2D eigenvalue weighted by Crippen LogP contribution is 2.14. The van der Waals surface area contributed by atoms with E-state index in [4.69, 9.17) is 11.6 Å². The second-order valence-corrected chi connectivity index (χ2v) is 7.71. The summed E-state index contributed by atoms with van der Waals surface area (Å²) in [5, 5.41) is 3.48. The molecule has 148 valence electrons. The third kappa shape index (κ3) is 5.33. The Morgan fingerprint density at radius 1 is 1.00 bits per heavy atom. The van der Waals surface area contributed by atoms with Gasteiger partial charge in [0.05, 0.1) is 6.54 Å². The molecule has 0 aliphatic carbocycles. The van der Waals surface area contributed by atoms with Crippen LogP contribution in [-0.2, 0) is 11.3 Å². The Labute approximate surface area is 171 Å². The molecule has 0 atom stereocenters. The average Bonchev–Trinajstić information content (AvgIpc) is 2.68. The molecular formula is C22H26ClN3O2. The molecule has 0 spiro atoms. The number of nitrogens with one attached hydrogen (secondary N) is 1. The zero-order valence-corrected chi connectivity index (χ0v) is 17.1. The van der Waals surface area contributed by atoms with Crippen molar-refractivity contribution < 1.29 is 9.59 Å². The predicted molar refractivity (Wildman–Crippen MR) is 112 cm³/mol. The molecule has 6 heteroatoms. The normalized spacial score (nSPS) is 14.8. The minimum absolute atomic E-state index is 0.0278. The minimum Gasteiger partial charge on any atom is -0.343 e. The number of nitrogens with zero attached hydrogens (tertiary/aromatic N) is 2. The topological polar surface area (TPSA) is 52.7 Å². The summed E-state index contributed by atoms with van der Waals surface area (Å²) >= 11 is 6.04. The maximum Gasteiger partial charge on any atom is 0.251 e. The van der Waals surface area contributed by atoms with Crippen molar-refractivity contribution in [2.75, 3.05) is 32.7 Å². The molecule has 0 bridgehead atoms. The van der Waals surface area contributed by atoms with Crippen molar-refractivity contribution in [2.45, 2.75) is 20.4 Å². The summed E-state index contributed by atoms with van der Waals surface area (Å²) in [6.45, 7) is 7.78. The van der Waals surface area contributed by atoms with E-state index in [1.807, 2.05) is 49.1 Å². The van der Waals surface area contributed by atoms with Crippen LogP contribution in [0.15, 0.2) is 42.5 Å². The van der Waals surface area contributed by atoms with Crippen molar-refractivity contribution in [3.8, 4) is 0 Å². The van der Waals surface area contributed by atoms with Gasteiger partial charge in [-0.3, -0.25) is 14.5 Å². The van der Waals surface area contributed by atoms with Gasteiger partial charge in [-0.1, -0.05) is 29.8 Å². The number of carbonyl (C=O) groups excluding carboxylic acids is 2. The molecule has 1 heterocycles. The standard InChI is InChI=1S/C22H26ClN3O2/c1-16-6-7-19(12-17(16)2)22(28)24-14-21(27)26-10-8-25(9-11-26)15-18-4-3-5-20(23)13-18/h3-7,12-13H,8-11,14-15H2,1-2H3,(H,24,28). The number of hydrogen-bond acceptors (Lipinski definition) is 3. The van der Waals surface area contributed by atoms with Crippen LogP contribution < -0.4 is 5.32 Å². The number of carbonyl (C=O) groups is 2. The van der Waals surface area contributed by atoms with Gasteiger partial charge in [0.15, 0.2) is 0 Å². The van der Waals surface area contributed by atoms with Crippen LogP contribution in [0.4, 0.5) is 0 Å². The van der Waals surface area contributed by atoms with Gasteiger partial charge in [-0.25, -0.2) is 0 Å². The van der Waals surface area contributed by atoms with Gasteiger partial charge in [0.1, 0.15) is 0 Å². The molecule has 5 nitrogen and oxygen atoms in total. The number of rotatable bonds is 5.